The molecule has 0 amide bonds. The highest BCUT2D eigenvalue weighted by Crippen LogP contribution is 2.13. The largest absolute Gasteiger partial charge is 0.464 e. The Morgan fingerprint density at radius 1 is 1.54 bits per heavy atom. The van der Waals surface area contributed by atoms with E-state index in [1.165, 1.54) is 18.2 Å². The van der Waals surface area contributed by atoms with Gasteiger partial charge >= 0.3 is 6.09 Å². The van der Waals surface area contributed by atoms with E-state index in [2.05, 4.69) is 4.98 Å². The summed E-state index contributed by atoms with van der Waals surface area (Å²) >= 11 is 0. The summed E-state index contributed by atoms with van der Waals surface area (Å²) in [6, 6.07) is 3.77. The van der Waals surface area contributed by atoms with E-state index >= 15 is 0 Å². The number of benzene rings is 1. The molecule has 0 fully saturated rings. The van der Waals surface area contributed by atoms with Crippen molar-refractivity contribution in [2.45, 2.75) is 0 Å². The van der Waals surface area contributed by atoms with E-state index < -0.39 is 11.9 Å². The third-order valence-electron chi connectivity index (χ3n) is 1.72. The number of carboxylic acid groups (broad SMARTS) is 1. The highest BCUT2D eigenvalue weighted by molar-refractivity contribution is 5.85. The van der Waals surface area contributed by atoms with Crippen LogP contribution in [0.15, 0.2) is 24.5 Å². The van der Waals surface area contributed by atoms with E-state index in [9.17, 15) is 9.18 Å². The summed E-state index contributed by atoms with van der Waals surface area (Å²) in [5.41, 5.74) is 0.719. The zero-order chi connectivity index (χ0) is 9.42. The number of rotatable bonds is 0. The third kappa shape index (κ3) is 1.14. The van der Waals surface area contributed by atoms with Crippen LogP contribution in [-0.2, 0) is 0 Å². The Morgan fingerprint density at radius 3 is 3.00 bits per heavy atom. The molecule has 0 spiro atoms. The number of hydrogen-bond acceptors (Lipinski definition) is 2. The van der Waals surface area contributed by atoms with Crippen LogP contribution in [0.3, 0.4) is 0 Å². The van der Waals surface area contributed by atoms with Gasteiger partial charge in [-0.1, -0.05) is 0 Å². The maximum Gasteiger partial charge on any atom is 0.417 e. The van der Waals surface area contributed by atoms with Crippen molar-refractivity contribution in [3.63, 3.8) is 0 Å². The van der Waals surface area contributed by atoms with E-state index in [0.717, 1.165) is 10.9 Å². The van der Waals surface area contributed by atoms with E-state index in [4.69, 9.17) is 5.11 Å². The van der Waals surface area contributed by atoms with Gasteiger partial charge < -0.3 is 5.11 Å². The first-order valence-electron chi connectivity index (χ1n) is 3.54. The van der Waals surface area contributed by atoms with E-state index in [0.29, 0.717) is 11.0 Å². The van der Waals surface area contributed by atoms with Gasteiger partial charge in [0, 0.05) is 6.07 Å². The molecule has 5 heteroatoms. The number of fused-ring (bicyclic) bond motifs is 1. The molecule has 2 rings (SSSR count). The van der Waals surface area contributed by atoms with Gasteiger partial charge in [-0.15, -0.1) is 0 Å². The highest BCUT2D eigenvalue weighted by atomic mass is 19.1. The van der Waals surface area contributed by atoms with Crippen molar-refractivity contribution < 1.29 is 14.3 Å². The van der Waals surface area contributed by atoms with Crippen molar-refractivity contribution >= 4 is 17.1 Å². The maximum atomic E-state index is 12.7. The molecule has 0 radical (unpaired) electrons. The van der Waals surface area contributed by atoms with Crippen LogP contribution in [0.4, 0.5) is 9.18 Å². The Kier molecular flexibility index (Phi) is 1.51. The summed E-state index contributed by atoms with van der Waals surface area (Å²) in [6.07, 6.45) is 0.0148. The van der Waals surface area contributed by atoms with Crippen LogP contribution in [0.25, 0.3) is 11.0 Å². The molecule has 0 bridgehead atoms. The summed E-state index contributed by atoms with van der Waals surface area (Å²) in [5.74, 6) is -0.428. The summed E-state index contributed by atoms with van der Waals surface area (Å²) in [5, 5.41) is 8.67. The lowest BCUT2D eigenvalue weighted by atomic mass is 10.3. The molecule has 1 heterocycles. The van der Waals surface area contributed by atoms with Gasteiger partial charge in [0.15, 0.2) is 0 Å². The van der Waals surface area contributed by atoms with Crippen LogP contribution >= 0.6 is 0 Å². The number of halogens is 1. The Bertz CT molecular complexity index is 478. The summed E-state index contributed by atoms with van der Waals surface area (Å²) in [7, 11) is 0. The lowest BCUT2D eigenvalue weighted by Gasteiger charge is -1.94. The van der Waals surface area contributed by atoms with E-state index in [1.807, 2.05) is 0 Å². The Labute approximate surface area is 72.2 Å². The number of imidazole rings is 1. The van der Waals surface area contributed by atoms with Crippen molar-refractivity contribution in [3.05, 3.63) is 30.3 Å². The van der Waals surface area contributed by atoms with Gasteiger partial charge in [0.05, 0.1) is 11.0 Å². The van der Waals surface area contributed by atoms with E-state index in [-0.39, 0.29) is 0 Å². The quantitative estimate of drug-likeness (QED) is 0.671. The SMILES string of the molecule is O=C(O)n1cnc2cc(F)ccc21. The van der Waals surface area contributed by atoms with Gasteiger partial charge in [0.25, 0.3) is 0 Å². The lowest BCUT2D eigenvalue weighted by molar-refractivity contribution is 0.197. The smallest absolute Gasteiger partial charge is 0.417 e. The topological polar surface area (TPSA) is 55.1 Å². The lowest BCUT2D eigenvalue weighted by Crippen LogP contribution is -2.05. The Hall–Kier alpha value is -1.91. The Morgan fingerprint density at radius 2 is 2.31 bits per heavy atom. The minimum atomic E-state index is -1.13. The molecular weight excluding hydrogens is 175 g/mol. The molecule has 2 aromatic rings. The molecule has 0 aliphatic heterocycles. The fourth-order valence-corrected chi connectivity index (χ4v) is 1.14. The third-order valence-corrected chi connectivity index (χ3v) is 1.72. The van der Waals surface area contributed by atoms with Crippen molar-refractivity contribution in [1.82, 2.24) is 9.55 Å². The first-order chi connectivity index (χ1) is 6.18. The van der Waals surface area contributed by atoms with Crippen molar-refractivity contribution in [2.24, 2.45) is 0 Å². The van der Waals surface area contributed by atoms with Gasteiger partial charge in [-0.25, -0.2) is 18.7 Å². The second kappa shape index (κ2) is 2.55. The zero-order valence-corrected chi connectivity index (χ0v) is 6.44. The van der Waals surface area contributed by atoms with Crippen LogP contribution in [0.1, 0.15) is 0 Å². The van der Waals surface area contributed by atoms with Gasteiger partial charge in [-0.05, 0) is 12.1 Å². The highest BCUT2D eigenvalue weighted by Gasteiger charge is 2.07. The molecule has 0 atom stereocenters. The minimum absolute atomic E-state index is 0.336. The molecule has 0 aliphatic rings. The maximum absolute atomic E-state index is 12.7. The Balaban J connectivity index is 2.76. The molecular formula is C8H5FN2O2. The van der Waals surface area contributed by atoms with Crippen LogP contribution < -0.4 is 0 Å². The second-order valence-corrected chi connectivity index (χ2v) is 2.53. The van der Waals surface area contributed by atoms with Crippen molar-refractivity contribution in [1.29, 1.82) is 0 Å². The fraction of sp³-hybridized carbons (Fsp3) is 0. The van der Waals surface area contributed by atoms with Crippen LogP contribution in [0.5, 0.6) is 0 Å². The molecule has 1 aromatic carbocycles. The van der Waals surface area contributed by atoms with Crippen LogP contribution in [0, 0.1) is 5.82 Å². The molecule has 13 heavy (non-hydrogen) atoms. The van der Waals surface area contributed by atoms with E-state index in [1.54, 1.807) is 0 Å². The predicted octanol–water partition coefficient (Wildman–Crippen LogP) is 1.70. The molecule has 0 aliphatic carbocycles. The van der Waals surface area contributed by atoms with Crippen LogP contribution in [0.2, 0.25) is 0 Å². The van der Waals surface area contributed by atoms with Crippen molar-refractivity contribution in [2.75, 3.05) is 0 Å². The number of carbonyl (C=O) groups is 1. The van der Waals surface area contributed by atoms with Gasteiger partial charge in [-0.2, -0.15) is 0 Å². The summed E-state index contributed by atoms with van der Waals surface area (Å²) in [4.78, 5) is 14.3. The zero-order valence-electron chi connectivity index (χ0n) is 6.44. The second-order valence-electron chi connectivity index (χ2n) is 2.53. The molecule has 1 N–H and O–H groups in total. The monoisotopic (exact) mass is 180 g/mol. The average Bonchev–Trinajstić information content (AvgIpc) is 2.46. The molecule has 1 aromatic heterocycles. The molecule has 0 saturated heterocycles. The van der Waals surface area contributed by atoms with Gasteiger partial charge in [0.2, 0.25) is 0 Å². The predicted molar refractivity (Wildman–Crippen MR) is 43.1 cm³/mol. The standard InChI is InChI=1S/C8H5FN2O2/c9-5-1-2-7-6(3-5)10-4-11(7)8(12)13/h1-4H,(H,12,13). The fourth-order valence-electron chi connectivity index (χ4n) is 1.14. The van der Waals surface area contributed by atoms with Crippen molar-refractivity contribution in [3.8, 4) is 0 Å². The number of hydrogen-bond donors (Lipinski definition) is 1. The van der Waals surface area contributed by atoms with Gasteiger partial charge in [-0.3, -0.25) is 0 Å². The minimum Gasteiger partial charge on any atom is -0.464 e. The number of nitrogens with zero attached hydrogens (tertiary/aromatic N) is 2. The van der Waals surface area contributed by atoms with Crippen LogP contribution in [-0.4, -0.2) is 20.8 Å². The molecule has 66 valence electrons. The summed E-state index contributed by atoms with van der Waals surface area (Å²) < 4.78 is 13.6. The normalized spacial score (nSPS) is 10.5. The van der Waals surface area contributed by atoms with Gasteiger partial charge in [0.1, 0.15) is 12.1 Å². The molecule has 0 saturated carbocycles. The molecule has 0 unspecified atom stereocenters. The first kappa shape index (κ1) is 7.72. The number of aromatic nitrogens is 2. The summed E-state index contributed by atoms with van der Waals surface area (Å²) in [6.45, 7) is 0. The average molecular weight is 180 g/mol. The first-order valence-corrected chi connectivity index (χ1v) is 3.54. The molecule has 4 nitrogen and oxygen atoms in total.